The maximum Gasteiger partial charge on any atom is 0.155 e. The van der Waals surface area contributed by atoms with Gasteiger partial charge in [-0.15, -0.1) is 0 Å². The van der Waals surface area contributed by atoms with Crippen molar-refractivity contribution in [1.82, 2.24) is 0 Å². The highest BCUT2D eigenvalue weighted by atomic mass is 16.5. The molecule has 16 heavy (non-hydrogen) atoms. The van der Waals surface area contributed by atoms with E-state index in [1.54, 1.807) is 0 Å². The molecule has 0 aliphatic carbocycles. The smallest absolute Gasteiger partial charge is 0.155 e. The maximum atomic E-state index is 9.66. The van der Waals surface area contributed by atoms with Crippen molar-refractivity contribution in [3.8, 4) is 11.5 Å². The summed E-state index contributed by atoms with van der Waals surface area (Å²) in [6, 6.07) is 2.58. The van der Waals surface area contributed by atoms with Crippen LogP contribution in [-0.2, 0) is 12.8 Å². The van der Waals surface area contributed by atoms with Crippen LogP contribution in [0.2, 0.25) is 0 Å². The fourth-order valence-corrected chi connectivity index (χ4v) is 1.42. The van der Waals surface area contributed by atoms with Crippen LogP contribution < -0.4 is 0 Å². The first kappa shape index (κ1) is 12.7. The molecule has 0 aliphatic heterocycles. The van der Waals surface area contributed by atoms with E-state index in [9.17, 15) is 10.2 Å². The average molecular weight is 230 g/mol. The van der Waals surface area contributed by atoms with Crippen molar-refractivity contribution in [2.24, 2.45) is 0 Å². The minimum absolute atomic E-state index is 0.0341. The molecule has 0 unspecified atom stereocenters. The standard InChI is InChI=1S/C10H14O6/c11-7-2-1-5(3-8(12)13)10(16)6(7)4-9(14)15/h1-2,8-9,11-16H,3-4H2. The molecule has 0 saturated carbocycles. The molecule has 0 amide bonds. The van der Waals surface area contributed by atoms with E-state index in [0.29, 0.717) is 0 Å². The second-order valence-corrected chi connectivity index (χ2v) is 3.44. The summed E-state index contributed by atoms with van der Waals surface area (Å²) in [6.07, 6.45) is -3.87. The number of phenols is 2. The van der Waals surface area contributed by atoms with Gasteiger partial charge in [-0.05, 0) is 11.6 Å². The van der Waals surface area contributed by atoms with Crippen LogP contribution >= 0.6 is 0 Å². The number of phenolic OH excluding ortho intramolecular Hbond substituents is 2. The molecular weight excluding hydrogens is 216 g/mol. The summed E-state index contributed by atoms with van der Waals surface area (Å²) in [5.74, 6) is -0.636. The first-order valence-corrected chi connectivity index (χ1v) is 4.66. The van der Waals surface area contributed by atoms with Crippen molar-refractivity contribution in [3.63, 3.8) is 0 Å². The van der Waals surface area contributed by atoms with Crippen molar-refractivity contribution in [2.45, 2.75) is 25.4 Å². The van der Waals surface area contributed by atoms with Gasteiger partial charge in [-0.1, -0.05) is 6.07 Å². The molecule has 6 heteroatoms. The van der Waals surface area contributed by atoms with Gasteiger partial charge in [-0.25, -0.2) is 0 Å². The molecule has 0 radical (unpaired) electrons. The van der Waals surface area contributed by atoms with Crippen LogP contribution in [-0.4, -0.2) is 43.2 Å². The van der Waals surface area contributed by atoms with Gasteiger partial charge in [0.2, 0.25) is 0 Å². The van der Waals surface area contributed by atoms with E-state index in [-0.39, 0.29) is 35.5 Å². The van der Waals surface area contributed by atoms with E-state index < -0.39 is 12.6 Å². The Kier molecular flexibility index (Phi) is 4.08. The molecule has 0 heterocycles. The first-order valence-electron chi connectivity index (χ1n) is 4.66. The zero-order valence-electron chi connectivity index (χ0n) is 8.41. The van der Waals surface area contributed by atoms with E-state index in [2.05, 4.69) is 0 Å². The quantitative estimate of drug-likeness (QED) is 0.361. The largest absolute Gasteiger partial charge is 0.508 e. The number of benzene rings is 1. The van der Waals surface area contributed by atoms with Gasteiger partial charge in [0, 0.05) is 18.4 Å². The zero-order chi connectivity index (χ0) is 12.3. The molecule has 0 aromatic heterocycles. The summed E-state index contributed by atoms with van der Waals surface area (Å²) in [4.78, 5) is 0. The number of aliphatic hydroxyl groups is 4. The van der Waals surface area contributed by atoms with Gasteiger partial charge in [0.15, 0.2) is 12.6 Å². The second kappa shape index (κ2) is 5.13. The normalized spacial score (nSPS) is 11.4. The van der Waals surface area contributed by atoms with Gasteiger partial charge in [0.1, 0.15) is 11.5 Å². The van der Waals surface area contributed by atoms with Gasteiger partial charge in [0.05, 0.1) is 0 Å². The average Bonchev–Trinajstić information content (AvgIpc) is 2.16. The third-order valence-electron chi connectivity index (χ3n) is 2.13. The second-order valence-electron chi connectivity index (χ2n) is 3.44. The molecule has 0 saturated heterocycles. The van der Waals surface area contributed by atoms with Crippen molar-refractivity contribution >= 4 is 0 Å². The van der Waals surface area contributed by atoms with Crippen molar-refractivity contribution in [2.75, 3.05) is 0 Å². The Bertz CT molecular complexity index is 361. The number of hydrogen-bond donors (Lipinski definition) is 6. The summed E-state index contributed by atoms with van der Waals surface area (Å²) in [6.45, 7) is 0. The van der Waals surface area contributed by atoms with Gasteiger partial charge in [-0.2, -0.15) is 0 Å². The maximum absolute atomic E-state index is 9.66. The van der Waals surface area contributed by atoms with Gasteiger partial charge in [0.25, 0.3) is 0 Å². The summed E-state index contributed by atoms with van der Waals surface area (Å²) < 4.78 is 0. The lowest BCUT2D eigenvalue weighted by atomic mass is 10.0. The molecule has 6 nitrogen and oxygen atoms in total. The molecule has 0 atom stereocenters. The Labute approximate surface area is 91.7 Å². The highest BCUT2D eigenvalue weighted by molar-refractivity contribution is 5.49. The minimum Gasteiger partial charge on any atom is -0.508 e. The summed E-state index contributed by atoms with van der Waals surface area (Å²) in [5.41, 5.74) is 0.177. The molecule has 1 rings (SSSR count). The summed E-state index contributed by atoms with van der Waals surface area (Å²) >= 11 is 0. The van der Waals surface area contributed by atoms with Crippen LogP contribution in [0.4, 0.5) is 0 Å². The Morgan fingerprint density at radius 1 is 0.875 bits per heavy atom. The van der Waals surface area contributed by atoms with E-state index in [4.69, 9.17) is 20.4 Å². The number of aromatic hydroxyl groups is 2. The van der Waals surface area contributed by atoms with Crippen molar-refractivity contribution < 1.29 is 30.6 Å². The van der Waals surface area contributed by atoms with Crippen LogP contribution in [0.3, 0.4) is 0 Å². The first-order chi connectivity index (χ1) is 7.41. The Hall–Kier alpha value is -1.34. The highest BCUT2D eigenvalue weighted by Crippen LogP contribution is 2.32. The molecule has 0 aliphatic rings. The summed E-state index contributed by atoms with van der Waals surface area (Å²) in [5, 5.41) is 54.1. The van der Waals surface area contributed by atoms with E-state index in [1.807, 2.05) is 0 Å². The Balaban J connectivity index is 3.06. The monoisotopic (exact) mass is 230 g/mol. The predicted octanol–water partition coefficient (Wildman–Crippen LogP) is -1.20. The van der Waals surface area contributed by atoms with Gasteiger partial charge < -0.3 is 30.6 Å². The van der Waals surface area contributed by atoms with E-state index in [0.717, 1.165) is 0 Å². The molecule has 0 fully saturated rings. The number of rotatable bonds is 4. The minimum atomic E-state index is -1.70. The van der Waals surface area contributed by atoms with Crippen molar-refractivity contribution in [1.29, 1.82) is 0 Å². The fraction of sp³-hybridized carbons (Fsp3) is 0.400. The van der Waals surface area contributed by atoms with Crippen LogP contribution in [0, 0.1) is 0 Å². The molecule has 0 bridgehead atoms. The number of hydrogen-bond acceptors (Lipinski definition) is 6. The molecule has 6 N–H and O–H groups in total. The lowest BCUT2D eigenvalue weighted by Gasteiger charge is -2.13. The van der Waals surface area contributed by atoms with E-state index in [1.165, 1.54) is 12.1 Å². The molecule has 90 valence electrons. The molecule has 1 aromatic rings. The van der Waals surface area contributed by atoms with Crippen molar-refractivity contribution in [3.05, 3.63) is 23.3 Å². The van der Waals surface area contributed by atoms with E-state index >= 15 is 0 Å². The third-order valence-corrected chi connectivity index (χ3v) is 2.13. The van der Waals surface area contributed by atoms with Crippen LogP contribution in [0.1, 0.15) is 11.1 Å². The lowest BCUT2D eigenvalue weighted by Crippen LogP contribution is -2.11. The molecule has 1 aromatic carbocycles. The molecular formula is C10H14O6. The van der Waals surface area contributed by atoms with Crippen LogP contribution in [0.15, 0.2) is 12.1 Å². The van der Waals surface area contributed by atoms with Crippen LogP contribution in [0.5, 0.6) is 11.5 Å². The predicted molar refractivity (Wildman–Crippen MR) is 53.6 cm³/mol. The van der Waals surface area contributed by atoms with Gasteiger partial charge >= 0.3 is 0 Å². The zero-order valence-corrected chi connectivity index (χ0v) is 8.41. The summed E-state index contributed by atoms with van der Waals surface area (Å²) in [7, 11) is 0. The lowest BCUT2D eigenvalue weighted by molar-refractivity contribution is -0.0395. The Morgan fingerprint density at radius 2 is 1.44 bits per heavy atom. The SMILES string of the molecule is Oc1ccc(CC(O)O)c(O)c1CC(O)O. The number of aliphatic hydroxyl groups excluding tert-OH is 2. The fourth-order valence-electron chi connectivity index (χ4n) is 1.42. The molecule has 0 spiro atoms. The Morgan fingerprint density at radius 3 is 1.94 bits per heavy atom. The van der Waals surface area contributed by atoms with Gasteiger partial charge in [-0.3, -0.25) is 0 Å². The topological polar surface area (TPSA) is 121 Å². The third kappa shape index (κ3) is 3.07. The highest BCUT2D eigenvalue weighted by Gasteiger charge is 2.16. The van der Waals surface area contributed by atoms with Crippen LogP contribution in [0.25, 0.3) is 0 Å².